The minimum absolute atomic E-state index is 0.0325. The number of amides is 2. The van der Waals surface area contributed by atoms with Crippen LogP contribution in [0.15, 0.2) is 42.5 Å². The molecular formula is C28H35FN2O3S. The molecule has 2 heterocycles. The number of nitrogens with zero attached hydrogens (tertiary/aromatic N) is 2. The van der Waals surface area contributed by atoms with Gasteiger partial charge in [-0.2, -0.15) is 11.8 Å². The van der Waals surface area contributed by atoms with Crippen molar-refractivity contribution < 1.29 is 18.7 Å². The molecule has 2 amide bonds. The van der Waals surface area contributed by atoms with E-state index in [9.17, 15) is 14.0 Å². The summed E-state index contributed by atoms with van der Waals surface area (Å²) in [5.74, 6) is 2.30. The Bertz CT molecular complexity index is 1060. The Labute approximate surface area is 212 Å². The summed E-state index contributed by atoms with van der Waals surface area (Å²) in [5.41, 5.74) is 2.42. The molecular weight excluding hydrogens is 463 g/mol. The fraction of sp³-hybridized carbons (Fsp3) is 0.500. The van der Waals surface area contributed by atoms with Gasteiger partial charge in [-0.15, -0.1) is 0 Å². The maximum atomic E-state index is 13.7. The smallest absolute Gasteiger partial charge is 0.263 e. The SMILES string of the molecule is CC[C@H](Oc1ccc2c(c1)[C@@H](c1ccc(F)cc1)N(C(=O)C(C)(C)C)CC2)C(=O)N1CCSCC1. The van der Waals surface area contributed by atoms with E-state index in [4.69, 9.17) is 4.74 Å². The van der Waals surface area contributed by atoms with Crippen molar-refractivity contribution in [3.63, 3.8) is 0 Å². The standard InChI is InChI=1S/C28H35FN2O3S/c1-5-24(26(32)30-14-16-35-17-15-30)34-22-11-8-19-12-13-31(27(33)28(2,3)4)25(23(19)18-22)20-6-9-21(29)10-7-20/h6-11,18,24-25H,5,12-17H2,1-4H3/t24-,25+/m0/s1. The fourth-order valence-electron chi connectivity index (χ4n) is 4.78. The molecule has 1 saturated heterocycles. The average Bonchev–Trinajstić information content (AvgIpc) is 2.86. The molecule has 0 saturated carbocycles. The second-order valence-corrected chi connectivity index (χ2v) is 11.5. The van der Waals surface area contributed by atoms with Crippen LogP contribution in [0.5, 0.6) is 5.75 Å². The normalized spacial score (nSPS) is 19.2. The molecule has 2 atom stereocenters. The summed E-state index contributed by atoms with van der Waals surface area (Å²) < 4.78 is 20.0. The van der Waals surface area contributed by atoms with Crippen LogP contribution in [-0.4, -0.2) is 58.9 Å². The first-order valence-electron chi connectivity index (χ1n) is 12.4. The van der Waals surface area contributed by atoms with Crippen LogP contribution in [0.2, 0.25) is 0 Å². The minimum atomic E-state index is -0.545. The highest BCUT2D eigenvalue weighted by Gasteiger charge is 2.37. The molecule has 4 rings (SSSR count). The quantitative estimate of drug-likeness (QED) is 0.577. The number of ether oxygens (including phenoxy) is 1. The summed E-state index contributed by atoms with van der Waals surface area (Å²) in [4.78, 5) is 30.3. The summed E-state index contributed by atoms with van der Waals surface area (Å²) in [5, 5.41) is 0. The summed E-state index contributed by atoms with van der Waals surface area (Å²) in [6.45, 7) is 9.82. The van der Waals surface area contributed by atoms with Crippen molar-refractivity contribution in [1.29, 1.82) is 0 Å². The van der Waals surface area contributed by atoms with Gasteiger partial charge in [0.25, 0.3) is 5.91 Å². The van der Waals surface area contributed by atoms with Gasteiger partial charge in [-0.3, -0.25) is 9.59 Å². The Kier molecular flexibility index (Phi) is 7.74. The van der Waals surface area contributed by atoms with E-state index in [1.165, 1.54) is 12.1 Å². The first-order chi connectivity index (χ1) is 16.7. The van der Waals surface area contributed by atoms with E-state index >= 15 is 0 Å². The molecule has 2 aromatic carbocycles. The zero-order valence-corrected chi connectivity index (χ0v) is 21.9. The molecule has 2 aromatic rings. The number of rotatable bonds is 5. The molecule has 0 radical (unpaired) electrons. The highest BCUT2D eigenvalue weighted by Crippen LogP contribution is 2.39. The van der Waals surface area contributed by atoms with Crippen molar-refractivity contribution in [1.82, 2.24) is 9.80 Å². The predicted octanol–water partition coefficient (Wildman–Crippen LogP) is 5.08. The third kappa shape index (κ3) is 5.66. The van der Waals surface area contributed by atoms with Crippen LogP contribution in [0.4, 0.5) is 4.39 Å². The molecule has 2 aliphatic heterocycles. The Morgan fingerprint density at radius 3 is 2.40 bits per heavy atom. The van der Waals surface area contributed by atoms with Crippen molar-refractivity contribution in [2.24, 2.45) is 5.41 Å². The molecule has 0 aliphatic carbocycles. The number of benzene rings is 2. The van der Waals surface area contributed by atoms with Gasteiger partial charge >= 0.3 is 0 Å². The van der Waals surface area contributed by atoms with E-state index in [-0.39, 0.29) is 23.7 Å². The van der Waals surface area contributed by atoms with Crippen LogP contribution < -0.4 is 4.74 Å². The zero-order chi connectivity index (χ0) is 25.2. The summed E-state index contributed by atoms with van der Waals surface area (Å²) in [6, 6.07) is 12.0. The second-order valence-electron chi connectivity index (χ2n) is 10.3. The van der Waals surface area contributed by atoms with Crippen LogP contribution in [0, 0.1) is 11.2 Å². The summed E-state index contributed by atoms with van der Waals surface area (Å²) in [6.07, 6.45) is 0.767. The minimum Gasteiger partial charge on any atom is -0.481 e. The van der Waals surface area contributed by atoms with Crippen LogP contribution in [0.3, 0.4) is 0 Å². The van der Waals surface area contributed by atoms with Gasteiger partial charge in [0, 0.05) is 36.6 Å². The zero-order valence-electron chi connectivity index (χ0n) is 21.1. The first kappa shape index (κ1) is 25.5. The molecule has 2 aliphatic rings. The predicted molar refractivity (Wildman–Crippen MR) is 138 cm³/mol. The Morgan fingerprint density at radius 1 is 1.09 bits per heavy atom. The van der Waals surface area contributed by atoms with Gasteiger partial charge in [0.15, 0.2) is 6.10 Å². The number of carbonyl (C=O) groups is 2. The van der Waals surface area contributed by atoms with E-state index in [0.717, 1.165) is 47.7 Å². The van der Waals surface area contributed by atoms with Crippen LogP contribution >= 0.6 is 11.8 Å². The Balaban J connectivity index is 1.67. The molecule has 0 N–H and O–H groups in total. The highest BCUT2D eigenvalue weighted by molar-refractivity contribution is 7.99. The van der Waals surface area contributed by atoms with Crippen molar-refractivity contribution in [3.05, 3.63) is 65.0 Å². The number of fused-ring (bicyclic) bond motifs is 1. The van der Waals surface area contributed by atoms with Gasteiger partial charge < -0.3 is 14.5 Å². The third-order valence-corrected chi connectivity index (χ3v) is 7.62. The van der Waals surface area contributed by atoms with Gasteiger partial charge in [0.2, 0.25) is 5.91 Å². The topological polar surface area (TPSA) is 49.9 Å². The lowest BCUT2D eigenvalue weighted by molar-refractivity contribution is -0.141. The van der Waals surface area contributed by atoms with Crippen LogP contribution in [0.1, 0.15) is 56.8 Å². The van der Waals surface area contributed by atoms with Crippen LogP contribution in [-0.2, 0) is 16.0 Å². The van der Waals surface area contributed by atoms with E-state index in [1.54, 1.807) is 12.1 Å². The number of hydrogen-bond acceptors (Lipinski definition) is 4. The molecule has 0 bridgehead atoms. The summed E-state index contributed by atoms with van der Waals surface area (Å²) in [7, 11) is 0. The van der Waals surface area contributed by atoms with E-state index < -0.39 is 11.5 Å². The number of carbonyl (C=O) groups excluding carboxylic acids is 2. The van der Waals surface area contributed by atoms with Crippen molar-refractivity contribution >= 4 is 23.6 Å². The van der Waals surface area contributed by atoms with Crippen LogP contribution in [0.25, 0.3) is 0 Å². The molecule has 188 valence electrons. The monoisotopic (exact) mass is 498 g/mol. The average molecular weight is 499 g/mol. The van der Waals surface area contributed by atoms with Crippen molar-refractivity contribution in [2.45, 2.75) is 52.7 Å². The lowest BCUT2D eigenvalue weighted by atomic mass is 9.85. The van der Waals surface area contributed by atoms with Gasteiger partial charge in [0.05, 0.1) is 6.04 Å². The maximum Gasteiger partial charge on any atom is 0.263 e. The molecule has 0 unspecified atom stereocenters. The largest absolute Gasteiger partial charge is 0.481 e. The van der Waals surface area contributed by atoms with Crippen molar-refractivity contribution in [3.8, 4) is 5.75 Å². The van der Waals surface area contributed by atoms with Gasteiger partial charge in [-0.1, -0.05) is 45.9 Å². The maximum absolute atomic E-state index is 13.7. The van der Waals surface area contributed by atoms with Crippen molar-refractivity contribution in [2.75, 3.05) is 31.1 Å². The van der Waals surface area contributed by atoms with E-state index in [0.29, 0.717) is 18.7 Å². The third-order valence-electron chi connectivity index (χ3n) is 6.68. The Morgan fingerprint density at radius 2 is 1.77 bits per heavy atom. The van der Waals surface area contributed by atoms with E-state index in [2.05, 4.69) is 0 Å². The molecule has 35 heavy (non-hydrogen) atoms. The number of thioether (sulfide) groups is 1. The molecule has 7 heteroatoms. The number of halogens is 1. The highest BCUT2D eigenvalue weighted by atomic mass is 32.2. The lowest BCUT2D eigenvalue weighted by Crippen LogP contribution is -2.46. The molecule has 1 fully saturated rings. The van der Waals surface area contributed by atoms with E-state index in [1.807, 2.05) is 67.5 Å². The molecule has 0 aromatic heterocycles. The first-order valence-corrected chi connectivity index (χ1v) is 13.6. The molecule has 5 nitrogen and oxygen atoms in total. The Hall–Kier alpha value is -2.54. The van der Waals surface area contributed by atoms with Gasteiger partial charge in [-0.05, 0) is 53.8 Å². The fourth-order valence-corrected chi connectivity index (χ4v) is 5.68. The van der Waals surface area contributed by atoms with Gasteiger partial charge in [-0.25, -0.2) is 4.39 Å². The second kappa shape index (κ2) is 10.6. The summed E-state index contributed by atoms with van der Waals surface area (Å²) >= 11 is 1.87. The van der Waals surface area contributed by atoms with Gasteiger partial charge in [0.1, 0.15) is 11.6 Å². The number of hydrogen-bond donors (Lipinski definition) is 0. The molecule has 0 spiro atoms. The lowest BCUT2D eigenvalue weighted by Gasteiger charge is -2.41.